The summed E-state index contributed by atoms with van der Waals surface area (Å²) in [6.45, 7) is 3.34. The maximum atomic E-state index is 12.8. The fraction of sp³-hybridized carbons (Fsp3) is 0.429. The Morgan fingerprint density at radius 3 is 2.96 bits per heavy atom. The minimum absolute atomic E-state index is 0.152. The summed E-state index contributed by atoms with van der Waals surface area (Å²) in [5, 5.41) is 8.39. The number of nitrogens with zero attached hydrogens (tertiary/aromatic N) is 4. The maximum Gasteiger partial charge on any atom is 0.226 e. The summed E-state index contributed by atoms with van der Waals surface area (Å²) in [6.07, 6.45) is 6.74. The zero-order valence-corrected chi connectivity index (χ0v) is 15.8. The second-order valence-corrected chi connectivity index (χ2v) is 7.54. The monoisotopic (exact) mass is 378 g/mol. The van der Waals surface area contributed by atoms with Crippen molar-refractivity contribution < 1.29 is 14.1 Å². The number of aromatic nitrogens is 4. The Morgan fingerprint density at radius 1 is 1.32 bits per heavy atom. The highest BCUT2D eigenvalue weighted by Crippen LogP contribution is 2.38. The topological polar surface area (TPSA) is 83.0 Å². The SMILES string of the molecule is CCc1nc(-c2ccc3c(c2)CC[C@H]3CC(=O)c2cnn(C3COC3)c2)no1. The molecule has 0 unspecified atom stereocenters. The number of benzene rings is 1. The molecule has 7 nitrogen and oxygen atoms in total. The van der Waals surface area contributed by atoms with Crippen molar-refractivity contribution in [2.24, 2.45) is 0 Å². The van der Waals surface area contributed by atoms with Crippen LogP contribution in [0.25, 0.3) is 11.4 Å². The van der Waals surface area contributed by atoms with E-state index in [2.05, 4.69) is 27.4 Å². The van der Waals surface area contributed by atoms with Crippen LogP contribution in [0.3, 0.4) is 0 Å². The van der Waals surface area contributed by atoms with Gasteiger partial charge in [-0.2, -0.15) is 10.1 Å². The number of hydrogen-bond acceptors (Lipinski definition) is 6. The van der Waals surface area contributed by atoms with Gasteiger partial charge in [0.1, 0.15) is 0 Å². The Balaban J connectivity index is 1.30. The van der Waals surface area contributed by atoms with Gasteiger partial charge >= 0.3 is 0 Å². The third kappa shape index (κ3) is 3.05. The molecule has 0 radical (unpaired) electrons. The number of carbonyl (C=O) groups excluding carboxylic acids is 1. The first-order valence-corrected chi connectivity index (χ1v) is 9.82. The van der Waals surface area contributed by atoms with Crippen LogP contribution < -0.4 is 0 Å². The van der Waals surface area contributed by atoms with E-state index in [1.165, 1.54) is 11.1 Å². The van der Waals surface area contributed by atoms with E-state index in [9.17, 15) is 4.79 Å². The average Bonchev–Trinajstić information content (AvgIpc) is 3.39. The highest BCUT2D eigenvalue weighted by molar-refractivity contribution is 5.96. The van der Waals surface area contributed by atoms with Crippen LogP contribution in [0.2, 0.25) is 0 Å². The Morgan fingerprint density at radius 2 is 2.21 bits per heavy atom. The molecule has 5 rings (SSSR count). The van der Waals surface area contributed by atoms with Crippen molar-refractivity contribution >= 4 is 5.78 Å². The highest BCUT2D eigenvalue weighted by atomic mass is 16.5. The summed E-state index contributed by atoms with van der Waals surface area (Å²) >= 11 is 0. The molecule has 1 atom stereocenters. The van der Waals surface area contributed by atoms with E-state index in [0.29, 0.717) is 36.9 Å². The Labute approximate surface area is 162 Å². The number of fused-ring (bicyclic) bond motifs is 1. The fourth-order valence-corrected chi connectivity index (χ4v) is 3.97. The lowest BCUT2D eigenvalue weighted by molar-refractivity contribution is -0.0286. The van der Waals surface area contributed by atoms with E-state index in [1.807, 2.05) is 23.9 Å². The van der Waals surface area contributed by atoms with Crippen molar-refractivity contribution in [1.82, 2.24) is 19.9 Å². The van der Waals surface area contributed by atoms with Gasteiger partial charge in [-0.15, -0.1) is 0 Å². The van der Waals surface area contributed by atoms with Gasteiger partial charge in [0.05, 0.1) is 31.0 Å². The zero-order chi connectivity index (χ0) is 19.1. The lowest BCUT2D eigenvalue weighted by Crippen LogP contribution is -2.30. The molecular formula is C21H22N4O3. The Kier molecular flexibility index (Phi) is 4.31. The zero-order valence-electron chi connectivity index (χ0n) is 15.8. The fourth-order valence-electron chi connectivity index (χ4n) is 3.97. The van der Waals surface area contributed by atoms with Crippen LogP contribution in [0, 0.1) is 0 Å². The molecule has 3 heterocycles. The second kappa shape index (κ2) is 6.98. The highest BCUT2D eigenvalue weighted by Gasteiger charge is 2.27. The number of hydrogen-bond donors (Lipinski definition) is 0. The Bertz CT molecular complexity index is 1020. The first-order valence-electron chi connectivity index (χ1n) is 9.82. The van der Waals surface area contributed by atoms with Crippen LogP contribution in [-0.4, -0.2) is 38.9 Å². The third-order valence-corrected chi connectivity index (χ3v) is 5.72. The van der Waals surface area contributed by atoms with Gasteiger partial charge in [0.25, 0.3) is 0 Å². The first kappa shape index (κ1) is 17.3. The summed E-state index contributed by atoms with van der Waals surface area (Å²) in [6, 6.07) is 6.55. The van der Waals surface area contributed by atoms with Gasteiger partial charge in [-0.1, -0.05) is 24.2 Å². The van der Waals surface area contributed by atoms with E-state index < -0.39 is 0 Å². The average molecular weight is 378 g/mol. The van der Waals surface area contributed by atoms with E-state index in [4.69, 9.17) is 9.26 Å². The van der Waals surface area contributed by atoms with E-state index in [1.54, 1.807) is 6.20 Å². The summed E-state index contributed by atoms with van der Waals surface area (Å²) in [4.78, 5) is 17.2. The number of aryl methyl sites for hydroxylation is 2. The minimum atomic E-state index is 0.152. The smallest absolute Gasteiger partial charge is 0.226 e. The molecule has 2 aliphatic rings. The van der Waals surface area contributed by atoms with Gasteiger partial charge in [0.15, 0.2) is 5.78 Å². The predicted octanol–water partition coefficient (Wildman–Crippen LogP) is 3.37. The summed E-state index contributed by atoms with van der Waals surface area (Å²) in [5.41, 5.74) is 4.20. The van der Waals surface area contributed by atoms with Crippen molar-refractivity contribution in [1.29, 1.82) is 0 Å². The van der Waals surface area contributed by atoms with Gasteiger partial charge in [-0.25, -0.2) is 0 Å². The molecule has 144 valence electrons. The summed E-state index contributed by atoms with van der Waals surface area (Å²) in [7, 11) is 0. The molecule has 0 saturated carbocycles. The molecular weight excluding hydrogens is 356 g/mol. The molecule has 0 amide bonds. The number of ether oxygens (including phenoxy) is 1. The number of rotatable bonds is 6. The van der Waals surface area contributed by atoms with Gasteiger partial charge in [0, 0.05) is 24.6 Å². The van der Waals surface area contributed by atoms with Crippen molar-refractivity contribution in [3.8, 4) is 11.4 Å². The van der Waals surface area contributed by atoms with Crippen LogP contribution in [0.4, 0.5) is 0 Å². The summed E-state index contributed by atoms with van der Waals surface area (Å²) < 4.78 is 12.3. The van der Waals surface area contributed by atoms with Crippen molar-refractivity contribution in [2.75, 3.05) is 13.2 Å². The molecule has 0 bridgehead atoms. The van der Waals surface area contributed by atoms with Crippen molar-refractivity contribution in [3.63, 3.8) is 0 Å². The van der Waals surface area contributed by atoms with Gasteiger partial charge in [-0.05, 0) is 36.0 Å². The molecule has 1 saturated heterocycles. The van der Waals surface area contributed by atoms with E-state index in [0.717, 1.165) is 24.8 Å². The molecule has 2 aromatic heterocycles. The third-order valence-electron chi connectivity index (χ3n) is 5.72. The van der Waals surface area contributed by atoms with E-state index in [-0.39, 0.29) is 17.7 Å². The van der Waals surface area contributed by atoms with Crippen LogP contribution >= 0.6 is 0 Å². The number of carbonyl (C=O) groups is 1. The lowest BCUT2D eigenvalue weighted by Gasteiger charge is -2.25. The number of ketones is 1. The first-order chi connectivity index (χ1) is 13.7. The molecule has 3 aromatic rings. The standard InChI is InChI=1S/C21H22N4O3/c1-2-20-23-21(24-28-20)15-5-6-18-13(7-15)3-4-14(18)8-19(26)16-9-22-25(10-16)17-11-27-12-17/h5-7,9-10,14,17H,2-4,8,11-12H2,1H3/t14-/m0/s1. The predicted molar refractivity (Wildman–Crippen MR) is 101 cm³/mol. The van der Waals surface area contributed by atoms with Crippen LogP contribution in [0.1, 0.15) is 59.1 Å². The molecule has 1 aromatic carbocycles. The second-order valence-electron chi connectivity index (χ2n) is 7.54. The quantitative estimate of drug-likeness (QED) is 0.612. The lowest BCUT2D eigenvalue weighted by atomic mass is 9.93. The Hall–Kier alpha value is -2.80. The van der Waals surface area contributed by atoms with Crippen molar-refractivity contribution in [3.05, 3.63) is 53.2 Å². The van der Waals surface area contributed by atoms with Crippen molar-refractivity contribution in [2.45, 2.75) is 44.6 Å². The molecule has 1 aliphatic heterocycles. The maximum absolute atomic E-state index is 12.8. The van der Waals surface area contributed by atoms with Gasteiger partial charge in [0.2, 0.25) is 11.7 Å². The van der Waals surface area contributed by atoms with Gasteiger partial charge in [-0.3, -0.25) is 9.48 Å². The van der Waals surface area contributed by atoms with Crippen LogP contribution in [0.15, 0.2) is 35.1 Å². The van der Waals surface area contributed by atoms with Gasteiger partial charge < -0.3 is 9.26 Å². The largest absolute Gasteiger partial charge is 0.377 e. The summed E-state index contributed by atoms with van der Waals surface area (Å²) in [5.74, 6) is 1.68. The van der Waals surface area contributed by atoms with Crippen LogP contribution in [-0.2, 0) is 17.6 Å². The van der Waals surface area contributed by atoms with E-state index >= 15 is 0 Å². The molecule has 1 aliphatic carbocycles. The molecule has 1 fully saturated rings. The molecule has 0 spiro atoms. The molecule has 0 N–H and O–H groups in total. The normalized spacial score (nSPS) is 18.8. The molecule has 28 heavy (non-hydrogen) atoms. The van der Waals surface area contributed by atoms with Crippen LogP contribution in [0.5, 0.6) is 0 Å². The number of Topliss-reactive ketones (excluding diaryl/α,β-unsaturated/α-hetero) is 1. The minimum Gasteiger partial charge on any atom is -0.377 e. The molecule has 7 heteroatoms.